The topological polar surface area (TPSA) is 101 Å². The Balaban J connectivity index is 1.91. The molecule has 254 valence electrons. The summed E-state index contributed by atoms with van der Waals surface area (Å²) in [5, 5.41) is 3.49. The molecule has 0 aromatic heterocycles. The smallest absolute Gasteiger partial charge is 0.231 e. The van der Waals surface area contributed by atoms with E-state index in [4.69, 9.17) is 0 Å². The predicted molar refractivity (Wildman–Crippen MR) is 192 cm³/mol. The molecule has 47 heavy (non-hydrogen) atoms. The third kappa shape index (κ3) is 11.8. The quantitative estimate of drug-likeness (QED) is 0.134. The Morgan fingerprint density at radius 1 is 0.787 bits per heavy atom. The van der Waals surface area contributed by atoms with Crippen molar-refractivity contribution < 1.29 is 22.8 Å². The number of carbonyl (C=O) groups is 3. The molecule has 0 bridgehead atoms. The number of nitrogens with zero attached hydrogens (tertiary/aromatic N) is 1. The molecule has 0 spiro atoms. The molecule has 1 N–H and O–H groups in total. The maximum atomic E-state index is 14.0. The van der Waals surface area contributed by atoms with Gasteiger partial charge in [-0.15, -0.1) is 0 Å². The van der Waals surface area contributed by atoms with Gasteiger partial charge in [0.15, 0.2) is 11.6 Å². The van der Waals surface area contributed by atoms with Crippen LogP contribution in [0.15, 0.2) is 78.9 Å². The lowest BCUT2D eigenvalue weighted by Gasteiger charge is -2.25. The van der Waals surface area contributed by atoms with Gasteiger partial charge in [0.2, 0.25) is 10.0 Å². The maximum Gasteiger partial charge on any atom is 0.231 e. The molecule has 0 saturated carbocycles. The van der Waals surface area contributed by atoms with Gasteiger partial charge in [-0.3, -0.25) is 18.7 Å². The highest BCUT2D eigenvalue weighted by Gasteiger charge is 2.26. The van der Waals surface area contributed by atoms with E-state index in [0.717, 1.165) is 28.1 Å². The third-order valence-electron chi connectivity index (χ3n) is 8.73. The van der Waals surface area contributed by atoms with Crippen molar-refractivity contribution in [3.8, 4) is 0 Å². The standard InChI is InChI=1S/C39H52N2O5S/c1-27(2)18-19-36(42)39(28(3)4)40-26-31(21-30-14-10-8-11-15-30)22-38(44)34-23-33(24-35(25-34)41(6)47(7,45)46)37(43)20-29(5)32-16-12-9-13-17-32/h8-17,23-25,27-29,31,39-40H,18-22,26H2,1-7H3/t29-,31+,39?/m0/s1. The average molecular weight is 661 g/mol. The molecule has 0 heterocycles. The molecule has 0 saturated heterocycles. The molecule has 3 rings (SSSR count). The fraction of sp³-hybridized carbons (Fsp3) is 0.462. The second-order valence-electron chi connectivity index (χ2n) is 13.6. The minimum Gasteiger partial charge on any atom is -0.307 e. The van der Waals surface area contributed by atoms with Gasteiger partial charge < -0.3 is 5.32 Å². The van der Waals surface area contributed by atoms with Gasteiger partial charge >= 0.3 is 0 Å². The first kappa shape index (κ1) is 37.8. The number of nitrogens with one attached hydrogen (secondary N) is 1. The minimum absolute atomic E-state index is 0.0578. The van der Waals surface area contributed by atoms with Crippen LogP contribution in [0.1, 0.15) is 98.1 Å². The molecule has 1 unspecified atom stereocenters. The van der Waals surface area contributed by atoms with Crippen LogP contribution >= 0.6 is 0 Å². The fourth-order valence-corrected chi connectivity index (χ4v) is 6.24. The van der Waals surface area contributed by atoms with Crippen LogP contribution in [0.5, 0.6) is 0 Å². The van der Waals surface area contributed by atoms with E-state index < -0.39 is 10.0 Å². The fourth-order valence-electron chi connectivity index (χ4n) is 5.75. The normalized spacial score (nSPS) is 13.7. The van der Waals surface area contributed by atoms with Crippen LogP contribution in [0.2, 0.25) is 0 Å². The average Bonchev–Trinajstić information content (AvgIpc) is 3.03. The van der Waals surface area contributed by atoms with Crippen LogP contribution < -0.4 is 9.62 Å². The van der Waals surface area contributed by atoms with Crippen molar-refractivity contribution in [2.75, 3.05) is 24.2 Å². The summed E-state index contributed by atoms with van der Waals surface area (Å²) in [5.41, 5.74) is 2.97. The predicted octanol–water partition coefficient (Wildman–Crippen LogP) is 7.51. The van der Waals surface area contributed by atoms with Crippen molar-refractivity contribution in [2.24, 2.45) is 17.8 Å². The number of ketones is 3. The van der Waals surface area contributed by atoms with Crippen molar-refractivity contribution >= 4 is 33.1 Å². The Kier molecular flexibility index (Phi) is 14.1. The van der Waals surface area contributed by atoms with Gasteiger partial charge in [-0.25, -0.2) is 8.42 Å². The van der Waals surface area contributed by atoms with Gasteiger partial charge in [0.1, 0.15) is 5.78 Å². The largest absolute Gasteiger partial charge is 0.307 e. The molecule has 0 radical (unpaired) electrons. The van der Waals surface area contributed by atoms with Gasteiger partial charge in [0.05, 0.1) is 18.0 Å². The van der Waals surface area contributed by atoms with Crippen molar-refractivity contribution in [3.63, 3.8) is 0 Å². The van der Waals surface area contributed by atoms with Crippen molar-refractivity contribution in [3.05, 3.63) is 101 Å². The van der Waals surface area contributed by atoms with Crippen molar-refractivity contribution in [2.45, 2.75) is 78.7 Å². The van der Waals surface area contributed by atoms with Gasteiger partial charge in [-0.1, -0.05) is 95.3 Å². The Bertz CT molecular complexity index is 1590. The highest BCUT2D eigenvalue weighted by Crippen LogP contribution is 2.27. The highest BCUT2D eigenvalue weighted by molar-refractivity contribution is 7.92. The first-order valence-electron chi connectivity index (χ1n) is 16.7. The number of hydrogen-bond acceptors (Lipinski definition) is 6. The Morgan fingerprint density at radius 3 is 1.87 bits per heavy atom. The first-order chi connectivity index (χ1) is 22.1. The summed E-state index contributed by atoms with van der Waals surface area (Å²) in [4.78, 5) is 40.7. The summed E-state index contributed by atoms with van der Waals surface area (Å²) < 4.78 is 26.1. The zero-order chi connectivity index (χ0) is 34.7. The van der Waals surface area contributed by atoms with E-state index in [1.54, 1.807) is 18.2 Å². The number of Topliss-reactive ketones (excluding diaryl/α,β-unsaturated/α-hetero) is 3. The molecule has 3 aromatic carbocycles. The lowest BCUT2D eigenvalue weighted by atomic mass is 9.89. The second kappa shape index (κ2) is 17.5. The number of benzene rings is 3. The Hall–Kier alpha value is -3.62. The second-order valence-corrected chi connectivity index (χ2v) is 15.7. The van der Waals surface area contributed by atoms with E-state index >= 15 is 0 Å². The maximum absolute atomic E-state index is 14.0. The van der Waals surface area contributed by atoms with E-state index in [-0.39, 0.29) is 59.7 Å². The van der Waals surface area contributed by atoms with E-state index in [1.165, 1.54) is 7.05 Å². The molecule has 3 aromatic rings. The summed E-state index contributed by atoms with van der Waals surface area (Å²) in [6.45, 7) is 10.7. The molecule has 7 nitrogen and oxygen atoms in total. The van der Waals surface area contributed by atoms with Crippen LogP contribution in [0, 0.1) is 17.8 Å². The Morgan fingerprint density at radius 2 is 1.34 bits per heavy atom. The van der Waals surface area contributed by atoms with E-state index in [1.807, 2.05) is 81.4 Å². The third-order valence-corrected chi connectivity index (χ3v) is 9.94. The minimum atomic E-state index is -3.65. The molecule has 0 aliphatic carbocycles. The number of carbonyl (C=O) groups excluding carboxylic acids is 3. The zero-order valence-corrected chi connectivity index (χ0v) is 29.8. The van der Waals surface area contributed by atoms with Crippen LogP contribution in [-0.2, 0) is 21.2 Å². The molecule has 3 atom stereocenters. The molecular formula is C39H52N2O5S. The van der Waals surface area contributed by atoms with Gasteiger partial charge in [0, 0.05) is 37.4 Å². The summed E-state index contributed by atoms with van der Waals surface area (Å²) in [6.07, 6.45) is 3.43. The summed E-state index contributed by atoms with van der Waals surface area (Å²) in [5.74, 6) is 0.164. The monoisotopic (exact) mass is 660 g/mol. The molecule has 0 aliphatic heterocycles. The first-order valence-corrected chi connectivity index (χ1v) is 18.5. The molecule has 0 amide bonds. The summed E-state index contributed by atoms with van der Waals surface area (Å²) in [7, 11) is -2.23. The molecule has 0 aliphatic rings. The SMILES string of the molecule is CC(C)CCC(=O)C(NC[C@@H](CC(=O)c1cc(C(=O)C[C@H](C)c2ccccc2)cc(N(C)S(C)(=O)=O)c1)Cc1ccccc1)C(C)C. The van der Waals surface area contributed by atoms with Gasteiger partial charge in [0.25, 0.3) is 0 Å². The number of rotatable bonds is 19. The summed E-state index contributed by atoms with van der Waals surface area (Å²) in [6, 6.07) is 24.1. The van der Waals surface area contributed by atoms with E-state index in [9.17, 15) is 22.8 Å². The van der Waals surface area contributed by atoms with Crippen molar-refractivity contribution in [1.82, 2.24) is 5.32 Å². The lowest BCUT2D eigenvalue weighted by Crippen LogP contribution is -2.43. The van der Waals surface area contributed by atoms with Crippen LogP contribution in [-0.4, -0.2) is 51.7 Å². The number of hydrogen-bond donors (Lipinski definition) is 1. The van der Waals surface area contributed by atoms with Gasteiger partial charge in [-0.2, -0.15) is 0 Å². The lowest BCUT2D eigenvalue weighted by molar-refractivity contribution is -0.122. The number of sulfonamides is 1. The molecule has 0 fully saturated rings. The van der Waals surface area contributed by atoms with E-state index in [2.05, 4.69) is 19.2 Å². The Labute approximate surface area is 282 Å². The van der Waals surface area contributed by atoms with Crippen molar-refractivity contribution in [1.29, 1.82) is 0 Å². The number of anilines is 1. The molecular weight excluding hydrogens is 609 g/mol. The molecule has 8 heteroatoms. The van der Waals surface area contributed by atoms with Crippen LogP contribution in [0.3, 0.4) is 0 Å². The van der Waals surface area contributed by atoms with E-state index in [0.29, 0.717) is 36.4 Å². The van der Waals surface area contributed by atoms with Crippen LogP contribution in [0.25, 0.3) is 0 Å². The van der Waals surface area contributed by atoms with Crippen LogP contribution in [0.4, 0.5) is 5.69 Å². The zero-order valence-electron chi connectivity index (χ0n) is 29.0. The summed E-state index contributed by atoms with van der Waals surface area (Å²) >= 11 is 0. The van der Waals surface area contributed by atoms with Gasteiger partial charge in [-0.05, 0) is 72.4 Å². The highest BCUT2D eigenvalue weighted by atomic mass is 32.2.